The van der Waals surface area contributed by atoms with Crippen LogP contribution in [0.2, 0.25) is 0 Å². The van der Waals surface area contributed by atoms with Gasteiger partial charge in [-0.2, -0.15) is 0 Å². The van der Waals surface area contributed by atoms with Gasteiger partial charge in [-0.05, 0) is 197 Å². The van der Waals surface area contributed by atoms with E-state index in [1.807, 2.05) is 60.7 Å². The summed E-state index contributed by atoms with van der Waals surface area (Å²) in [7, 11) is 0. The van der Waals surface area contributed by atoms with Crippen LogP contribution in [0.1, 0.15) is 71.6 Å². The number of para-hydroxylation sites is 6. The van der Waals surface area contributed by atoms with Crippen molar-refractivity contribution in [1.29, 1.82) is 5.26 Å². The number of nitriles is 1. The second-order valence-electron chi connectivity index (χ2n) is 29.7. The molecule has 0 atom stereocenters. The molecule has 1 radical (unpaired) electrons. The Balaban J connectivity index is 0.000000158. The van der Waals surface area contributed by atoms with Gasteiger partial charge in [0.05, 0.1) is 45.7 Å². The van der Waals surface area contributed by atoms with Crippen molar-refractivity contribution in [3.63, 3.8) is 0 Å². The third kappa shape index (κ3) is 13.3. The topological polar surface area (TPSA) is 71.5 Å². The number of hydrogen-bond donors (Lipinski definition) is 0. The zero-order valence-corrected chi connectivity index (χ0v) is 62.4. The molecule has 515 valence electrons. The summed E-state index contributed by atoms with van der Waals surface area (Å²) < 4.78 is 13.3. The van der Waals surface area contributed by atoms with Gasteiger partial charge in [0.25, 0.3) is 5.70 Å². The molecule has 0 unspecified atom stereocenters. The van der Waals surface area contributed by atoms with Crippen LogP contribution in [0.15, 0.2) is 320 Å². The van der Waals surface area contributed by atoms with E-state index in [-0.39, 0.29) is 42.0 Å². The summed E-state index contributed by atoms with van der Waals surface area (Å²) in [6.07, 6.45) is 11.7. The first kappa shape index (κ1) is 68.7. The Hall–Kier alpha value is -12.0. The van der Waals surface area contributed by atoms with Crippen LogP contribution < -0.4 is 9.80 Å². The van der Waals surface area contributed by atoms with E-state index >= 15 is 0 Å². The second kappa shape index (κ2) is 28.3. The van der Waals surface area contributed by atoms with Gasteiger partial charge in [-0.25, -0.2) is 10.1 Å². The van der Waals surface area contributed by atoms with Crippen molar-refractivity contribution in [2.75, 3.05) is 22.9 Å². The minimum absolute atomic E-state index is 0. The van der Waals surface area contributed by atoms with Crippen LogP contribution >= 0.6 is 0 Å². The number of aromatic nitrogens is 4. The molecule has 0 aliphatic carbocycles. The molecule has 4 aromatic heterocycles. The summed E-state index contributed by atoms with van der Waals surface area (Å²) in [5.41, 5.74) is 22.2. The van der Waals surface area contributed by atoms with Gasteiger partial charge in [0.2, 0.25) is 0 Å². The van der Waals surface area contributed by atoms with Gasteiger partial charge in [0, 0.05) is 117 Å². The van der Waals surface area contributed by atoms with E-state index in [0.29, 0.717) is 11.3 Å². The predicted molar refractivity (Wildman–Crippen MR) is 431 cm³/mol. The molecule has 11 aromatic carbocycles. The van der Waals surface area contributed by atoms with Crippen molar-refractivity contribution in [2.24, 2.45) is 10.8 Å². The van der Waals surface area contributed by atoms with Crippen molar-refractivity contribution < 1.29 is 24.8 Å². The van der Waals surface area contributed by atoms with Crippen LogP contribution in [-0.4, -0.2) is 31.8 Å². The molecule has 0 bridgehead atoms. The SMILES string of the molecule is [C-]#[N+]/C(C#N)=C1C=C(/C=C/c2cc3c4c(c2)C(C)(C)CCN4CC(C)(C)C3)OC(C(C)(C)C)=C\1.[Ir].[c-]1ccccc1-c1ccccn1.c1ccc2c(c1)c1ccccc1n2-c1ccc(N(c2ccc(-n3c4ccccc4c4ccccc43)cc2)c2ccc(-n3c4ccccc4c4ccccc43)cc2)cc1. The van der Waals surface area contributed by atoms with E-state index in [1.165, 1.54) is 82.2 Å². The fourth-order valence-electron chi connectivity index (χ4n) is 15.6. The molecule has 0 saturated carbocycles. The van der Waals surface area contributed by atoms with Crippen LogP contribution in [0.4, 0.5) is 22.7 Å². The molecule has 105 heavy (non-hydrogen) atoms. The van der Waals surface area contributed by atoms with Gasteiger partial charge in [0.1, 0.15) is 11.5 Å². The summed E-state index contributed by atoms with van der Waals surface area (Å²) >= 11 is 0. The maximum absolute atomic E-state index is 9.41. The average Bonchev–Trinajstić information content (AvgIpc) is 1.75. The Bertz CT molecular complexity index is 5420. The molecule has 9 nitrogen and oxygen atoms in total. The monoisotopic (exact) mass is 1540 g/mol. The number of ether oxygens (including phenoxy) is 1. The fraction of sp³-hybridized carbons (Fsp3) is 0.147. The molecule has 3 aliphatic rings. The van der Waals surface area contributed by atoms with Gasteiger partial charge in [-0.15, -0.1) is 35.9 Å². The number of allylic oxidation sites excluding steroid dienone is 6. The standard InChI is InChI=1S/C54H36N4.C30H35N3O.C11H8N.Ir/c1-7-19-49-43(13-1)44-14-2-8-20-50(44)56(49)40-31-25-37(26-32-40)55(38-27-33-41(34-28-38)57-51-21-9-3-15-45(51)46-16-4-10-22-52(46)57)39-29-35-42(36-30-39)58-53-23-11-5-17-47(53)48-18-6-12-24-54(48)58;1-28(2,3)26-16-21(25(18-31)32-8)15-23(34-26)10-9-20-13-22-17-29(4,5)19-33-12-11-30(6,7)24(14-20)27(22)33;1-2-6-10(7-3-1)11-8-4-5-9-12-11;/h1-36H;9-10,13-16H,11-12,17,19H2,1-7H3;1-6,8-9H;/q;;-1;/b;10-9+,25-21+;;. The van der Waals surface area contributed by atoms with Crippen LogP contribution in [0.5, 0.6) is 0 Å². The van der Waals surface area contributed by atoms with Gasteiger partial charge in [-0.3, -0.25) is 0 Å². The largest absolute Gasteiger partial charge is 0.461 e. The number of hydrogen-bond acceptors (Lipinski definition) is 5. The van der Waals surface area contributed by atoms with E-state index in [9.17, 15) is 5.26 Å². The second-order valence-corrected chi connectivity index (χ2v) is 29.7. The molecule has 0 saturated heterocycles. The number of anilines is 4. The third-order valence-corrected chi connectivity index (χ3v) is 20.5. The molecule has 18 rings (SSSR count). The summed E-state index contributed by atoms with van der Waals surface area (Å²) in [5, 5.41) is 17.0. The van der Waals surface area contributed by atoms with Gasteiger partial charge in [0.15, 0.2) is 0 Å². The number of fused-ring (bicyclic) bond motifs is 9. The molecule has 0 spiro atoms. The van der Waals surface area contributed by atoms with Crippen molar-refractivity contribution in [2.45, 2.75) is 66.7 Å². The molecular weight excluding hydrogens is 1460 g/mol. The van der Waals surface area contributed by atoms with E-state index in [4.69, 9.17) is 11.3 Å². The molecule has 15 aromatic rings. The smallest absolute Gasteiger partial charge is 0.269 e. The summed E-state index contributed by atoms with van der Waals surface area (Å²) in [5.74, 6) is 1.39. The number of rotatable bonds is 9. The zero-order valence-electron chi connectivity index (χ0n) is 60.0. The van der Waals surface area contributed by atoms with Crippen molar-refractivity contribution in [1.82, 2.24) is 18.7 Å². The zero-order chi connectivity index (χ0) is 71.3. The van der Waals surface area contributed by atoms with E-state index in [2.05, 4.69) is 324 Å². The van der Waals surface area contributed by atoms with Gasteiger partial charge < -0.3 is 33.2 Å². The summed E-state index contributed by atoms with van der Waals surface area (Å²) in [6, 6.07) is 103. The first-order valence-corrected chi connectivity index (χ1v) is 35.8. The molecule has 0 N–H and O–H groups in total. The average molecular weight is 1540 g/mol. The third-order valence-electron chi connectivity index (χ3n) is 20.5. The van der Waals surface area contributed by atoms with Gasteiger partial charge in [-0.1, -0.05) is 176 Å². The Morgan fingerprint density at radius 2 is 0.990 bits per heavy atom. The molecule has 0 amide bonds. The summed E-state index contributed by atoms with van der Waals surface area (Å²) in [4.78, 5) is 12.6. The molecular formula is C95H79IrN8O-. The van der Waals surface area contributed by atoms with E-state index in [0.717, 1.165) is 82.6 Å². The number of pyridine rings is 1. The predicted octanol–water partition coefficient (Wildman–Crippen LogP) is 24.3. The maximum Gasteiger partial charge on any atom is 0.269 e. The van der Waals surface area contributed by atoms with E-state index < -0.39 is 0 Å². The first-order chi connectivity index (χ1) is 50.6. The Labute approximate surface area is 628 Å². The molecule has 0 fully saturated rings. The normalized spacial score (nSPS) is 14.8. The van der Waals surface area contributed by atoms with Gasteiger partial charge >= 0.3 is 0 Å². The summed E-state index contributed by atoms with van der Waals surface area (Å²) in [6.45, 7) is 25.2. The minimum Gasteiger partial charge on any atom is -0.461 e. The Morgan fingerprint density at radius 3 is 1.39 bits per heavy atom. The maximum atomic E-state index is 9.41. The van der Waals surface area contributed by atoms with Crippen LogP contribution in [0, 0.1) is 34.8 Å². The van der Waals surface area contributed by atoms with Crippen molar-refractivity contribution >= 4 is 94.2 Å². The molecule has 7 heterocycles. The quantitative estimate of drug-likeness (QED) is 0.106. The van der Waals surface area contributed by atoms with Crippen LogP contribution in [0.3, 0.4) is 0 Å². The van der Waals surface area contributed by atoms with Crippen molar-refractivity contribution in [3.05, 3.63) is 354 Å². The number of benzene rings is 11. The molecule has 10 heteroatoms. The fourth-order valence-corrected chi connectivity index (χ4v) is 15.6. The Kier molecular flexibility index (Phi) is 18.5. The Morgan fingerprint density at radius 1 is 0.552 bits per heavy atom. The van der Waals surface area contributed by atoms with Crippen LogP contribution in [0.25, 0.3) is 105 Å². The molecule has 3 aliphatic heterocycles. The van der Waals surface area contributed by atoms with Crippen molar-refractivity contribution in [3.8, 4) is 34.4 Å². The first-order valence-electron chi connectivity index (χ1n) is 35.8. The van der Waals surface area contributed by atoms with Crippen LogP contribution in [-0.2, 0) is 36.7 Å². The minimum atomic E-state index is -0.240. The van der Waals surface area contributed by atoms with E-state index in [1.54, 1.807) is 12.3 Å². The number of nitrogens with zero attached hydrogens (tertiary/aromatic N) is 8.